The van der Waals surface area contributed by atoms with Crippen molar-refractivity contribution < 1.29 is 9.53 Å². The molecule has 1 aliphatic carbocycles. The van der Waals surface area contributed by atoms with Crippen LogP contribution in [-0.2, 0) is 0 Å². The molecule has 1 fully saturated rings. The van der Waals surface area contributed by atoms with Crippen molar-refractivity contribution in [3.8, 4) is 5.75 Å². The molecule has 2 atom stereocenters. The Bertz CT molecular complexity index is 462. The van der Waals surface area contributed by atoms with E-state index < -0.39 is 0 Å². The molecule has 20 heavy (non-hydrogen) atoms. The van der Waals surface area contributed by atoms with E-state index in [9.17, 15) is 4.79 Å². The Morgan fingerprint density at radius 2 is 2.25 bits per heavy atom. The van der Waals surface area contributed by atoms with Crippen molar-refractivity contribution in [3.63, 3.8) is 0 Å². The quantitative estimate of drug-likeness (QED) is 0.843. The molecule has 0 aromatic heterocycles. The molecule has 1 aromatic carbocycles. The molecule has 110 valence electrons. The zero-order valence-corrected chi connectivity index (χ0v) is 12.8. The van der Waals surface area contributed by atoms with Crippen LogP contribution in [0.5, 0.6) is 5.75 Å². The van der Waals surface area contributed by atoms with Crippen LogP contribution in [0.15, 0.2) is 24.3 Å². The van der Waals surface area contributed by atoms with E-state index in [0.717, 1.165) is 25.0 Å². The second kappa shape index (κ2) is 6.98. The van der Waals surface area contributed by atoms with Crippen LogP contribution in [0.1, 0.15) is 43.5 Å². The molecule has 1 aliphatic rings. The molecule has 0 saturated heterocycles. The van der Waals surface area contributed by atoms with E-state index in [1.807, 2.05) is 32.0 Å². The number of carbonyl (C=O) groups is 1. The third kappa shape index (κ3) is 4.41. The zero-order valence-electron chi connectivity index (χ0n) is 12.1. The van der Waals surface area contributed by atoms with E-state index in [2.05, 4.69) is 5.32 Å². The molecular weight excluding hydrogens is 274 g/mol. The van der Waals surface area contributed by atoms with E-state index in [4.69, 9.17) is 16.3 Å². The maximum Gasteiger partial charge on any atom is 0.251 e. The molecule has 1 N–H and O–H groups in total. The fourth-order valence-corrected chi connectivity index (χ4v) is 2.90. The summed E-state index contributed by atoms with van der Waals surface area (Å²) in [5, 5.41) is 3.27. The van der Waals surface area contributed by atoms with Crippen LogP contribution >= 0.6 is 11.6 Å². The van der Waals surface area contributed by atoms with Crippen molar-refractivity contribution in [3.05, 3.63) is 29.8 Å². The number of halogens is 1. The zero-order chi connectivity index (χ0) is 14.5. The van der Waals surface area contributed by atoms with Gasteiger partial charge in [-0.3, -0.25) is 4.79 Å². The first-order chi connectivity index (χ1) is 9.54. The Balaban J connectivity index is 1.88. The molecule has 1 amide bonds. The third-order valence-corrected chi connectivity index (χ3v) is 3.89. The van der Waals surface area contributed by atoms with Crippen LogP contribution in [0.2, 0.25) is 0 Å². The normalized spacial score (nSPS) is 22.0. The van der Waals surface area contributed by atoms with Crippen LogP contribution in [0, 0.1) is 5.92 Å². The van der Waals surface area contributed by atoms with Crippen LogP contribution in [0.25, 0.3) is 0 Å². The lowest BCUT2D eigenvalue weighted by molar-refractivity contribution is 0.0946. The van der Waals surface area contributed by atoms with Crippen molar-refractivity contribution in [2.45, 2.75) is 44.6 Å². The van der Waals surface area contributed by atoms with Crippen molar-refractivity contribution in [2.24, 2.45) is 5.92 Å². The van der Waals surface area contributed by atoms with Crippen molar-refractivity contribution in [1.82, 2.24) is 5.32 Å². The van der Waals surface area contributed by atoms with Crippen LogP contribution in [-0.4, -0.2) is 23.9 Å². The van der Waals surface area contributed by atoms with Gasteiger partial charge in [0.2, 0.25) is 0 Å². The second-order valence-electron chi connectivity index (χ2n) is 5.68. The first kappa shape index (κ1) is 15.2. The Hall–Kier alpha value is -1.22. The van der Waals surface area contributed by atoms with E-state index >= 15 is 0 Å². The highest BCUT2D eigenvalue weighted by Gasteiger charge is 2.23. The van der Waals surface area contributed by atoms with Gasteiger partial charge >= 0.3 is 0 Å². The third-order valence-electron chi connectivity index (χ3n) is 3.50. The Kier molecular flexibility index (Phi) is 5.30. The molecule has 0 bridgehead atoms. The van der Waals surface area contributed by atoms with E-state index in [-0.39, 0.29) is 17.4 Å². The average molecular weight is 296 g/mol. The number of rotatable bonds is 5. The number of alkyl halides is 1. The highest BCUT2D eigenvalue weighted by atomic mass is 35.5. The molecule has 3 nitrogen and oxygen atoms in total. The summed E-state index contributed by atoms with van der Waals surface area (Å²) in [6.45, 7) is 4.64. The van der Waals surface area contributed by atoms with Gasteiger partial charge in [-0.2, -0.15) is 0 Å². The predicted molar refractivity (Wildman–Crippen MR) is 81.5 cm³/mol. The van der Waals surface area contributed by atoms with Gasteiger partial charge in [0, 0.05) is 17.5 Å². The lowest BCUT2D eigenvalue weighted by atomic mass is 10.1. The SMILES string of the molecule is CC(C)Oc1cccc(C(=O)NCC2CCC(Cl)C2)c1. The summed E-state index contributed by atoms with van der Waals surface area (Å²) in [6.07, 6.45) is 3.26. The van der Waals surface area contributed by atoms with Crippen molar-refractivity contribution >= 4 is 17.5 Å². The molecule has 1 aromatic rings. The summed E-state index contributed by atoms with van der Waals surface area (Å²) < 4.78 is 5.60. The van der Waals surface area contributed by atoms with Crippen LogP contribution in [0.4, 0.5) is 0 Å². The molecule has 1 saturated carbocycles. The minimum atomic E-state index is -0.0442. The van der Waals surface area contributed by atoms with Gasteiger partial charge in [-0.1, -0.05) is 6.07 Å². The minimum Gasteiger partial charge on any atom is -0.491 e. The van der Waals surface area contributed by atoms with E-state index in [0.29, 0.717) is 18.0 Å². The summed E-state index contributed by atoms with van der Waals surface area (Å²) in [5.41, 5.74) is 0.642. The highest BCUT2D eigenvalue weighted by Crippen LogP contribution is 2.28. The number of ether oxygens (including phenoxy) is 1. The average Bonchev–Trinajstić information content (AvgIpc) is 2.81. The molecule has 2 rings (SSSR count). The number of nitrogens with one attached hydrogen (secondary N) is 1. The maximum atomic E-state index is 12.1. The maximum absolute atomic E-state index is 12.1. The van der Waals surface area contributed by atoms with Gasteiger partial charge in [-0.05, 0) is 57.2 Å². The number of benzene rings is 1. The minimum absolute atomic E-state index is 0.0442. The predicted octanol–water partition coefficient (Wildman–Crippen LogP) is 3.61. The summed E-state index contributed by atoms with van der Waals surface area (Å²) in [4.78, 5) is 12.1. The highest BCUT2D eigenvalue weighted by molar-refractivity contribution is 6.20. The number of amides is 1. The van der Waals surface area contributed by atoms with E-state index in [1.165, 1.54) is 0 Å². The molecule has 2 unspecified atom stereocenters. The Labute approximate surface area is 125 Å². The lowest BCUT2D eigenvalue weighted by Crippen LogP contribution is -2.28. The topological polar surface area (TPSA) is 38.3 Å². The van der Waals surface area contributed by atoms with Crippen molar-refractivity contribution in [2.75, 3.05) is 6.54 Å². The van der Waals surface area contributed by atoms with Gasteiger partial charge in [0.25, 0.3) is 5.91 Å². The van der Waals surface area contributed by atoms with E-state index in [1.54, 1.807) is 6.07 Å². The molecular formula is C16H22ClNO2. The summed E-state index contributed by atoms with van der Waals surface area (Å²) in [6, 6.07) is 7.30. The summed E-state index contributed by atoms with van der Waals surface area (Å²) >= 11 is 6.08. The van der Waals surface area contributed by atoms with Crippen LogP contribution in [0.3, 0.4) is 0 Å². The first-order valence-electron chi connectivity index (χ1n) is 7.23. The smallest absolute Gasteiger partial charge is 0.251 e. The largest absolute Gasteiger partial charge is 0.491 e. The van der Waals surface area contributed by atoms with Gasteiger partial charge in [-0.15, -0.1) is 11.6 Å². The van der Waals surface area contributed by atoms with Gasteiger partial charge in [0.05, 0.1) is 6.10 Å². The molecule has 0 aliphatic heterocycles. The molecule has 0 spiro atoms. The fraction of sp³-hybridized carbons (Fsp3) is 0.562. The number of hydrogen-bond acceptors (Lipinski definition) is 2. The number of hydrogen-bond donors (Lipinski definition) is 1. The Morgan fingerprint density at radius 3 is 2.90 bits per heavy atom. The molecule has 0 radical (unpaired) electrons. The van der Waals surface area contributed by atoms with Gasteiger partial charge in [0.15, 0.2) is 0 Å². The van der Waals surface area contributed by atoms with Crippen LogP contribution < -0.4 is 10.1 Å². The van der Waals surface area contributed by atoms with Crippen molar-refractivity contribution in [1.29, 1.82) is 0 Å². The number of carbonyl (C=O) groups excluding carboxylic acids is 1. The monoisotopic (exact) mass is 295 g/mol. The van der Waals surface area contributed by atoms with Gasteiger partial charge in [-0.25, -0.2) is 0 Å². The summed E-state index contributed by atoms with van der Waals surface area (Å²) in [5.74, 6) is 1.20. The summed E-state index contributed by atoms with van der Waals surface area (Å²) in [7, 11) is 0. The second-order valence-corrected chi connectivity index (χ2v) is 6.30. The molecule has 0 heterocycles. The van der Waals surface area contributed by atoms with Gasteiger partial charge in [0.1, 0.15) is 5.75 Å². The Morgan fingerprint density at radius 1 is 1.45 bits per heavy atom. The standard InChI is InChI=1S/C16H22ClNO2/c1-11(2)20-15-5-3-4-13(9-15)16(19)18-10-12-6-7-14(17)8-12/h3-5,9,11-12,14H,6-8,10H2,1-2H3,(H,18,19). The first-order valence-corrected chi connectivity index (χ1v) is 7.67. The lowest BCUT2D eigenvalue weighted by Gasteiger charge is -2.13. The fourth-order valence-electron chi connectivity index (χ4n) is 2.52. The van der Waals surface area contributed by atoms with Gasteiger partial charge < -0.3 is 10.1 Å². The molecule has 4 heteroatoms.